The number of cyclic esters (lactones) is 1. The minimum Gasteiger partial charge on any atom is -0.442 e. The molecule has 1 aromatic carbocycles. The fourth-order valence-electron chi connectivity index (χ4n) is 2.30. The first-order chi connectivity index (χ1) is 11.4. The summed E-state index contributed by atoms with van der Waals surface area (Å²) >= 11 is 0. The summed E-state index contributed by atoms with van der Waals surface area (Å²) in [6, 6.07) is 8.23. The Morgan fingerprint density at radius 3 is 2.71 bits per heavy atom. The van der Waals surface area contributed by atoms with Gasteiger partial charge in [-0.1, -0.05) is 30.3 Å². The molecule has 9 heteroatoms. The van der Waals surface area contributed by atoms with Gasteiger partial charge in [-0.15, -0.1) is 0 Å². The molecule has 2 unspecified atom stereocenters. The lowest BCUT2D eigenvalue weighted by Gasteiger charge is -2.17. The molecule has 2 atom stereocenters. The van der Waals surface area contributed by atoms with E-state index in [1.807, 2.05) is 0 Å². The lowest BCUT2D eigenvalue weighted by molar-refractivity contribution is -0.119. The molecule has 2 rings (SSSR count). The van der Waals surface area contributed by atoms with Crippen LogP contribution in [0.15, 0.2) is 30.3 Å². The molecule has 0 aliphatic carbocycles. The average Bonchev–Trinajstić information content (AvgIpc) is 2.86. The number of amides is 2. The minimum absolute atomic E-state index is 0.182. The van der Waals surface area contributed by atoms with Gasteiger partial charge in [-0.3, -0.25) is 8.98 Å². The number of hydrogen-bond donors (Lipinski definition) is 2. The third kappa shape index (κ3) is 5.82. The molecule has 2 N–H and O–H groups in total. The lowest BCUT2D eigenvalue weighted by atomic mass is 10.1. The van der Waals surface area contributed by atoms with Crippen LogP contribution in [0.1, 0.15) is 18.9 Å². The first kappa shape index (κ1) is 18.2. The highest BCUT2D eigenvalue weighted by Gasteiger charge is 2.35. The molecule has 0 spiro atoms. The van der Waals surface area contributed by atoms with Gasteiger partial charge >= 0.3 is 6.09 Å². The Hall–Kier alpha value is -2.13. The highest BCUT2D eigenvalue weighted by atomic mass is 32.2. The molecule has 2 amide bonds. The minimum atomic E-state index is -3.79. The maximum Gasteiger partial charge on any atom is 0.407 e. The van der Waals surface area contributed by atoms with Crippen molar-refractivity contribution in [3.8, 4) is 0 Å². The van der Waals surface area contributed by atoms with E-state index in [1.54, 1.807) is 30.3 Å². The summed E-state index contributed by atoms with van der Waals surface area (Å²) in [5, 5.41) is 5.18. The second kappa shape index (κ2) is 8.11. The third-order valence-corrected chi connectivity index (χ3v) is 4.62. The van der Waals surface area contributed by atoms with Crippen LogP contribution >= 0.6 is 0 Å². The van der Waals surface area contributed by atoms with Gasteiger partial charge in [0.05, 0.1) is 6.04 Å². The zero-order valence-corrected chi connectivity index (χ0v) is 14.0. The maximum absolute atomic E-state index is 12.0. The van der Waals surface area contributed by atoms with E-state index in [4.69, 9.17) is 8.92 Å². The van der Waals surface area contributed by atoms with Crippen molar-refractivity contribution >= 4 is 22.1 Å². The number of hydrogen-bond acceptors (Lipinski definition) is 6. The monoisotopic (exact) mass is 356 g/mol. The molecule has 0 bridgehead atoms. The van der Waals surface area contributed by atoms with Gasteiger partial charge in [-0.2, -0.15) is 8.42 Å². The Morgan fingerprint density at radius 1 is 1.33 bits per heavy atom. The van der Waals surface area contributed by atoms with Crippen molar-refractivity contribution in [2.45, 2.75) is 31.2 Å². The van der Waals surface area contributed by atoms with Crippen LogP contribution in [0.2, 0.25) is 0 Å². The molecule has 1 aliphatic rings. The number of benzene rings is 1. The second-order valence-corrected chi connectivity index (χ2v) is 7.08. The van der Waals surface area contributed by atoms with Crippen molar-refractivity contribution in [2.24, 2.45) is 0 Å². The summed E-state index contributed by atoms with van der Waals surface area (Å²) in [4.78, 5) is 22.2. The molecule has 0 aromatic heterocycles. The van der Waals surface area contributed by atoms with Gasteiger partial charge in [0.25, 0.3) is 10.1 Å². The van der Waals surface area contributed by atoms with Crippen molar-refractivity contribution in [3.63, 3.8) is 0 Å². The van der Waals surface area contributed by atoms with E-state index in [0.717, 1.165) is 0 Å². The van der Waals surface area contributed by atoms with E-state index < -0.39 is 28.4 Å². The van der Waals surface area contributed by atoms with Crippen LogP contribution in [0.4, 0.5) is 4.79 Å². The summed E-state index contributed by atoms with van der Waals surface area (Å²) in [6.45, 7) is 1.47. The number of carbonyl (C=O) groups excluding carboxylic acids is 2. The van der Waals surface area contributed by atoms with Gasteiger partial charge in [-0.05, 0) is 12.0 Å². The van der Waals surface area contributed by atoms with Crippen LogP contribution in [-0.2, 0) is 29.6 Å². The quantitative estimate of drug-likeness (QED) is 0.658. The van der Waals surface area contributed by atoms with Crippen LogP contribution in [0, 0.1) is 0 Å². The third-order valence-electron chi connectivity index (χ3n) is 3.44. The lowest BCUT2D eigenvalue weighted by Crippen LogP contribution is -2.38. The largest absolute Gasteiger partial charge is 0.442 e. The number of alkyl carbamates (subject to hydrolysis) is 1. The van der Waals surface area contributed by atoms with E-state index in [2.05, 4.69) is 10.6 Å². The van der Waals surface area contributed by atoms with Crippen LogP contribution < -0.4 is 10.6 Å². The van der Waals surface area contributed by atoms with Gasteiger partial charge in [0, 0.05) is 13.5 Å². The van der Waals surface area contributed by atoms with E-state index in [1.165, 1.54) is 6.92 Å². The van der Waals surface area contributed by atoms with Crippen LogP contribution in [0.3, 0.4) is 0 Å². The molecule has 132 valence electrons. The first-order valence-corrected chi connectivity index (χ1v) is 9.06. The molecule has 1 heterocycles. The van der Waals surface area contributed by atoms with E-state index >= 15 is 0 Å². The van der Waals surface area contributed by atoms with Gasteiger partial charge in [0.2, 0.25) is 5.91 Å². The Balaban J connectivity index is 1.86. The first-order valence-electron chi connectivity index (χ1n) is 7.48. The van der Waals surface area contributed by atoms with E-state index in [9.17, 15) is 18.0 Å². The summed E-state index contributed by atoms with van der Waals surface area (Å²) < 4.78 is 34.0. The van der Waals surface area contributed by atoms with Gasteiger partial charge in [0.1, 0.15) is 18.5 Å². The topological polar surface area (TPSA) is 111 Å². The molecule has 1 fully saturated rings. The maximum atomic E-state index is 12.0. The SMILES string of the molecule is CC(=O)NCCC1NC(=O)OC1COS(=O)(=O)Cc1ccccc1. The fourth-order valence-corrected chi connectivity index (χ4v) is 3.33. The Bertz CT molecular complexity index is 676. The molecule has 8 nitrogen and oxygen atoms in total. The molecule has 0 radical (unpaired) electrons. The van der Waals surface area contributed by atoms with Gasteiger partial charge in [-0.25, -0.2) is 4.79 Å². The van der Waals surface area contributed by atoms with Gasteiger partial charge in [0.15, 0.2) is 0 Å². The molecule has 1 aromatic rings. The van der Waals surface area contributed by atoms with Crippen LogP contribution in [-0.4, -0.2) is 45.7 Å². The molecule has 1 aliphatic heterocycles. The molecular weight excluding hydrogens is 336 g/mol. The number of ether oxygens (including phenoxy) is 1. The van der Waals surface area contributed by atoms with Crippen LogP contribution in [0.5, 0.6) is 0 Å². The fraction of sp³-hybridized carbons (Fsp3) is 0.467. The van der Waals surface area contributed by atoms with Crippen molar-refractivity contribution in [1.82, 2.24) is 10.6 Å². The van der Waals surface area contributed by atoms with Crippen molar-refractivity contribution in [1.29, 1.82) is 0 Å². The van der Waals surface area contributed by atoms with E-state index in [0.29, 0.717) is 18.5 Å². The Kier molecular flexibility index (Phi) is 6.16. The summed E-state index contributed by atoms with van der Waals surface area (Å²) in [5.41, 5.74) is 0.612. The highest BCUT2D eigenvalue weighted by molar-refractivity contribution is 7.85. The molecule has 1 saturated heterocycles. The summed E-state index contributed by atoms with van der Waals surface area (Å²) in [6.07, 6.45) is -0.938. The number of carbonyl (C=O) groups is 2. The van der Waals surface area contributed by atoms with Crippen LogP contribution in [0.25, 0.3) is 0 Å². The molecular formula is C15H20N2O6S. The number of nitrogens with one attached hydrogen (secondary N) is 2. The summed E-state index contributed by atoms with van der Waals surface area (Å²) in [7, 11) is -3.79. The average molecular weight is 356 g/mol. The predicted molar refractivity (Wildman–Crippen MR) is 85.5 cm³/mol. The standard InChI is InChI=1S/C15H20N2O6S/c1-11(18)16-8-7-13-14(23-15(19)17-13)9-22-24(20,21)10-12-5-3-2-4-6-12/h2-6,13-14H,7-10H2,1H3,(H,16,18)(H,17,19). The highest BCUT2D eigenvalue weighted by Crippen LogP contribution is 2.15. The summed E-state index contributed by atoms with van der Waals surface area (Å²) in [5.74, 6) is -0.433. The zero-order chi connectivity index (χ0) is 17.6. The van der Waals surface area contributed by atoms with Crippen molar-refractivity contribution in [3.05, 3.63) is 35.9 Å². The second-order valence-electron chi connectivity index (χ2n) is 5.44. The van der Waals surface area contributed by atoms with Gasteiger partial charge < -0.3 is 15.4 Å². The zero-order valence-electron chi connectivity index (χ0n) is 13.2. The normalized spacial score (nSPS) is 20.3. The number of rotatable bonds is 8. The van der Waals surface area contributed by atoms with Crippen molar-refractivity contribution in [2.75, 3.05) is 13.2 Å². The smallest absolute Gasteiger partial charge is 0.407 e. The predicted octanol–water partition coefficient (Wildman–Crippen LogP) is 0.536. The van der Waals surface area contributed by atoms with Crippen molar-refractivity contribution < 1.29 is 26.9 Å². The Labute approximate surface area is 140 Å². The molecule has 0 saturated carbocycles. The van der Waals surface area contributed by atoms with E-state index in [-0.39, 0.29) is 18.3 Å². The molecule has 24 heavy (non-hydrogen) atoms. The Morgan fingerprint density at radius 2 is 2.04 bits per heavy atom.